The third kappa shape index (κ3) is 5.86. The number of nitrogens with one attached hydrogen (secondary N) is 2. The number of likely N-dealkylation sites (tertiary alicyclic amines) is 1. The van der Waals surface area contributed by atoms with Crippen LogP contribution in [0.2, 0.25) is 0 Å². The van der Waals surface area contributed by atoms with Crippen molar-refractivity contribution in [1.82, 2.24) is 20.2 Å². The number of benzene rings is 1. The van der Waals surface area contributed by atoms with Crippen LogP contribution in [0.1, 0.15) is 66.7 Å². The first-order valence-corrected chi connectivity index (χ1v) is 11.8. The van der Waals surface area contributed by atoms with Gasteiger partial charge < -0.3 is 15.5 Å². The molecule has 0 radical (unpaired) electrons. The van der Waals surface area contributed by atoms with Gasteiger partial charge in [-0.3, -0.25) is 9.59 Å². The average Bonchev–Trinajstić information content (AvgIpc) is 2.81. The van der Waals surface area contributed by atoms with E-state index in [-0.39, 0.29) is 38.4 Å². The molecule has 1 aliphatic carbocycles. The lowest BCUT2D eigenvalue weighted by molar-refractivity contribution is -0.130. The molecule has 2 aromatic rings. The molecule has 1 aromatic carbocycles. The predicted octanol–water partition coefficient (Wildman–Crippen LogP) is 4.36. The molecule has 1 saturated carbocycles. The highest BCUT2D eigenvalue weighted by molar-refractivity contribution is 5.73. The van der Waals surface area contributed by atoms with E-state index < -0.39 is 5.82 Å². The van der Waals surface area contributed by atoms with Gasteiger partial charge in [-0.15, -0.1) is 0 Å². The van der Waals surface area contributed by atoms with Crippen LogP contribution in [-0.2, 0) is 9.59 Å². The molecule has 2 heterocycles. The van der Waals surface area contributed by atoms with Gasteiger partial charge in [0.1, 0.15) is 5.69 Å². The third-order valence-electron chi connectivity index (χ3n) is 6.71. The Morgan fingerprint density at radius 3 is 2.61 bits per heavy atom. The van der Waals surface area contributed by atoms with Gasteiger partial charge in [0.15, 0.2) is 5.82 Å². The molecule has 2 N–H and O–H groups in total. The van der Waals surface area contributed by atoms with Crippen LogP contribution in [0.5, 0.6) is 0 Å². The van der Waals surface area contributed by atoms with Crippen molar-refractivity contribution in [3.63, 3.8) is 0 Å². The fraction of sp³-hybridized carbons (Fsp3) is 0.520. The van der Waals surface area contributed by atoms with E-state index in [9.17, 15) is 14.0 Å². The number of piperidine rings is 1. The van der Waals surface area contributed by atoms with Crippen molar-refractivity contribution in [2.75, 3.05) is 18.4 Å². The molecule has 4 rings (SSSR count). The maximum absolute atomic E-state index is 14.7. The van der Waals surface area contributed by atoms with Crippen LogP contribution in [0.3, 0.4) is 0 Å². The number of hydrogen-bond acceptors (Lipinski definition) is 5. The van der Waals surface area contributed by atoms with E-state index in [1.54, 1.807) is 13.8 Å². The number of aromatic nitrogens is 2. The van der Waals surface area contributed by atoms with Gasteiger partial charge in [-0.1, -0.05) is 18.2 Å². The minimum absolute atomic E-state index is 0. The first-order chi connectivity index (χ1) is 15.9. The van der Waals surface area contributed by atoms with Crippen molar-refractivity contribution in [2.45, 2.75) is 70.4 Å². The molecule has 0 spiro atoms. The topological polar surface area (TPSA) is 87.2 Å². The normalized spacial score (nSPS) is 23.1. The van der Waals surface area contributed by atoms with E-state index in [4.69, 9.17) is 0 Å². The van der Waals surface area contributed by atoms with Crippen molar-refractivity contribution in [3.05, 3.63) is 41.8 Å². The zero-order valence-electron chi connectivity index (χ0n) is 19.3. The number of halogens is 1. The van der Waals surface area contributed by atoms with Gasteiger partial charge in [0.25, 0.3) is 0 Å². The SMILES string of the molecule is CC(=O)NC1CCC(Nc2ncc(F)c(-c3cccc(C4CCCN(C(C)=O)C4)c3)n2)CC1.[HH].[HH]. The minimum Gasteiger partial charge on any atom is -0.354 e. The highest BCUT2D eigenvalue weighted by Crippen LogP contribution is 2.31. The zero-order valence-corrected chi connectivity index (χ0v) is 19.3. The maximum Gasteiger partial charge on any atom is 0.223 e. The van der Waals surface area contributed by atoms with Crippen LogP contribution in [0.4, 0.5) is 10.3 Å². The summed E-state index contributed by atoms with van der Waals surface area (Å²) in [5, 5.41) is 6.32. The Labute approximate surface area is 197 Å². The van der Waals surface area contributed by atoms with E-state index in [0.29, 0.717) is 18.1 Å². The average molecular weight is 458 g/mol. The Kier molecular flexibility index (Phi) is 7.20. The summed E-state index contributed by atoms with van der Waals surface area (Å²) in [6, 6.07) is 8.23. The second-order valence-electron chi connectivity index (χ2n) is 9.21. The molecule has 8 heteroatoms. The maximum atomic E-state index is 14.7. The molecule has 1 aliphatic heterocycles. The number of rotatable bonds is 5. The van der Waals surface area contributed by atoms with Crippen molar-refractivity contribution in [1.29, 1.82) is 0 Å². The van der Waals surface area contributed by atoms with Gasteiger partial charge in [0.05, 0.1) is 6.20 Å². The van der Waals surface area contributed by atoms with Crippen molar-refractivity contribution >= 4 is 17.8 Å². The summed E-state index contributed by atoms with van der Waals surface area (Å²) >= 11 is 0. The Balaban J connectivity index is 0.00000216. The summed E-state index contributed by atoms with van der Waals surface area (Å²) in [4.78, 5) is 33.6. The first-order valence-electron chi connectivity index (χ1n) is 11.8. The Bertz CT molecular complexity index is 1020. The number of nitrogens with zero attached hydrogens (tertiary/aromatic N) is 3. The highest BCUT2D eigenvalue weighted by atomic mass is 19.1. The van der Waals surface area contributed by atoms with Crippen molar-refractivity contribution in [3.8, 4) is 11.3 Å². The van der Waals surface area contributed by atoms with E-state index in [1.165, 1.54) is 6.20 Å². The summed E-state index contributed by atoms with van der Waals surface area (Å²) in [5.41, 5.74) is 2.09. The van der Waals surface area contributed by atoms with Gasteiger partial charge in [0.2, 0.25) is 17.8 Å². The van der Waals surface area contributed by atoms with Crippen molar-refractivity contribution in [2.24, 2.45) is 0 Å². The summed E-state index contributed by atoms with van der Waals surface area (Å²) in [5.74, 6) is 0.298. The Morgan fingerprint density at radius 2 is 1.88 bits per heavy atom. The van der Waals surface area contributed by atoms with E-state index in [2.05, 4.69) is 20.6 Å². The summed E-state index contributed by atoms with van der Waals surface area (Å²) in [6.07, 6.45) is 6.77. The van der Waals surface area contributed by atoms with Gasteiger partial charge in [-0.2, -0.15) is 0 Å². The van der Waals surface area contributed by atoms with Crippen LogP contribution < -0.4 is 10.6 Å². The Hall–Kier alpha value is -3.03. The van der Waals surface area contributed by atoms with Crippen LogP contribution in [-0.4, -0.2) is 51.9 Å². The number of hydrogen-bond donors (Lipinski definition) is 2. The molecule has 33 heavy (non-hydrogen) atoms. The zero-order chi connectivity index (χ0) is 23.4. The second kappa shape index (κ2) is 10.3. The molecule has 2 fully saturated rings. The fourth-order valence-corrected chi connectivity index (χ4v) is 4.97. The molecule has 0 bridgehead atoms. The van der Waals surface area contributed by atoms with Crippen LogP contribution in [0.25, 0.3) is 11.3 Å². The number of amides is 2. The lowest BCUT2D eigenvalue weighted by Gasteiger charge is -2.32. The molecular weight excluding hydrogens is 421 g/mol. The van der Waals surface area contributed by atoms with Gasteiger partial charge in [-0.05, 0) is 50.2 Å². The second-order valence-corrected chi connectivity index (χ2v) is 9.21. The first kappa shape index (κ1) is 23.1. The quantitative estimate of drug-likeness (QED) is 0.697. The molecule has 180 valence electrons. The largest absolute Gasteiger partial charge is 0.354 e. The standard InChI is InChI=1S/C25H32FN5O2.2H2/c1-16(32)28-21-8-10-22(11-9-21)29-25-27-14-23(26)24(30-25)19-6-3-5-18(13-19)20-7-4-12-31(15-20)17(2)33;;/h3,5-6,13-14,20-22H,4,7-12,15H2,1-2H3,(H,28,32)(H,27,29,30);2*1H. The van der Waals surface area contributed by atoms with Crippen LogP contribution in [0, 0.1) is 5.82 Å². The summed E-state index contributed by atoms with van der Waals surface area (Å²) < 4.78 is 14.7. The molecule has 7 nitrogen and oxygen atoms in total. The summed E-state index contributed by atoms with van der Waals surface area (Å²) in [7, 11) is 0. The van der Waals surface area contributed by atoms with Gasteiger partial charge >= 0.3 is 0 Å². The summed E-state index contributed by atoms with van der Waals surface area (Å²) in [6.45, 7) is 4.64. The molecule has 2 aliphatic rings. The lowest BCUT2D eigenvalue weighted by atomic mass is 9.89. The molecular formula is C25H36FN5O2. The highest BCUT2D eigenvalue weighted by Gasteiger charge is 2.24. The molecule has 2 amide bonds. The minimum atomic E-state index is -0.457. The molecule has 1 aromatic heterocycles. The Morgan fingerprint density at radius 1 is 1.12 bits per heavy atom. The van der Waals surface area contributed by atoms with Gasteiger partial charge in [-0.25, -0.2) is 14.4 Å². The molecule has 1 saturated heterocycles. The number of carbonyl (C=O) groups excluding carboxylic acids is 2. The lowest BCUT2D eigenvalue weighted by Crippen LogP contribution is -2.39. The smallest absolute Gasteiger partial charge is 0.223 e. The van der Waals surface area contributed by atoms with E-state index in [1.807, 2.05) is 29.2 Å². The van der Waals surface area contributed by atoms with Crippen LogP contribution in [0.15, 0.2) is 30.5 Å². The van der Waals surface area contributed by atoms with Gasteiger partial charge in [0, 0.05) is 53.4 Å². The number of anilines is 1. The van der Waals surface area contributed by atoms with Crippen molar-refractivity contribution < 1.29 is 16.8 Å². The van der Waals surface area contributed by atoms with E-state index in [0.717, 1.165) is 50.6 Å². The predicted molar refractivity (Wildman–Crippen MR) is 129 cm³/mol. The van der Waals surface area contributed by atoms with Crippen LogP contribution >= 0.6 is 0 Å². The van der Waals surface area contributed by atoms with E-state index >= 15 is 0 Å². The molecule has 1 unspecified atom stereocenters. The monoisotopic (exact) mass is 457 g/mol. The fourth-order valence-electron chi connectivity index (χ4n) is 4.97. The third-order valence-corrected chi connectivity index (χ3v) is 6.71. The molecule has 1 atom stereocenters. The number of carbonyl (C=O) groups is 2.